The monoisotopic (exact) mass is 227 g/mol. The van der Waals surface area contributed by atoms with Crippen LogP contribution in [0.4, 0.5) is 5.13 Å². The number of anilines is 1. The standard InChI is InChI=1S/C10H17N3OS/c1-2-3-12-4-6-13(7-5-12)10-11-9(14)8-15-10/h8,14H,2-7H2,1H3. The molecule has 0 bridgehead atoms. The van der Waals surface area contributed by atoms with Crippen LogP contribution in [-0.4, -0.2) is 47.7 Å². The fourth-order valence-electron chi connectivity index (χ4n) is 1.88. The zero-order valence-corrected chi connectivity index (χ0v) is 9.83. The zero-order chi connectivity index (χ0) is 10.7. The van der Waals surface area contributed by atoms with E-state index in [-0.39, 0.29) is 5.88 Å². The van der Waals surface area contributed by atoms with E-state index in [2.05, 4.69) is 21.7 Å². The summed E-state index contributed by atoms with van der Waals surface area (Å²) in [5, 5.41) is 11.8. The number of aromatic hydroxyl groups is 1. The molecule has 0 aliphatic carbocycles. The molecule has 15 heavy (non-hydrogen) atoms. The Morgan fingerprint density at radius 2 is 2.13 bits per heavy atom. The van der Waals surface area contributed by atoms with Gasteiger partial charge in [-0.15, -0.1) is 11.3 Å². The van der Waals surface area contributed by atoms with Crippen LogP contribution < -0.4 is 4.90 Å². The highest BCUT2D eigenvalue weighted by Crippen LogP contribution is 2.24. The third-order valence-corrected chi connectivity index (χ3v) is 3.55. The predicted molar refractivity (Wildman–Crippen MR) is 62.7 cm³/mol. The summed E-state index contributed by atoms with van der Waals surface area (Å²) in [6.45, 7) is 7.66. The SMILES string of the molecule is CCCN1CCN(c2nc(O)cs2)CC1. The maximum Gasteiger partial charge on any atom is 0.223 e. The Hall–Kier alpha value is -0.810. The van der Waals surface area contributed by atoms with Crippen molar-refractivity contribution in [3.05, 3.63) is 5.38 Å². The van der Waals surface area contributed by atoms with Crippen LogP contribution >= 0.6 is 11.3 Å². The van der Waals surface area contributed by atoms with Gasteiger partial charge in [0.25, 0.3) is 0 Å². The topological polar surface area (TPSA) is 39.6 Å². The Kier molecular flexibility index (Phi) is 3.43. The van der Waals surface area contributed by atoms with Crippen molar-refractivity contribution in [1.29, 1.82) is 0 Å². The molecule has 0 amide bonds. The highest BCUT2D eigenvalue weighted by Gasteiger charge is 2.18. The zero-order valence-electron chi connectivity index (χ0n) is 9.02. The maximum atomic E-state index is 9.18. The highest BCUT2D eigenvalue weighted by atomic mass is 32.1. The molecule has 0 aromatic carbocycles. The van der Waals surface area contributed by atoms with Crippen LogP contribution in [0.3, 0.4) is 0 Å². The van der Waals surface area contributed by atoms with Crippen LogP contribution in [0.5, 0.6) is 5.88 Å². The van der Waals surface area contributed by atoms with E-state index in [1.807, 2.05) is 0 Å². The van der Waals surface area contributed by atoms with E-state index in [0.717, 1.165) is 31.3 Å². The molecule has 84 valence electrons. The van der Waals surface area contributed by atoms with Crippen LogP contribution in [0, 0.1) is 0 Å². The summed E-state index contributed by atoms with van der Waals surface area (Å²) >= 11 is 1.52. The molecule has 1 aromatic rings. The van der Waals surface area contributed by atoms with Crippen LogP contribution in [0.1, 0.15) is 13.3 Å². The van der Waals surface area contributed by atoms with Crippen molar-refractivity contribution in [2.45, 2.75) is 13.3 Å². The molecule has 0 spiro atoms. The van der Waals surface area contributed by atoms with Crippen molar-refractivity contribution in [2.75, 3.05) is 37.6 Å². The number of rotatable bonds is 3. The van der Waals surface area contributed by atoms with Crippen molar-refractivity contribution in [1.82, 2.24) is 9.88 Å². The van der Waals surface area contributed by atoms with Crippen LogP contribution in [-0.2, 0) is 0 Å². The van der Waals surface area contributed by atoms with Crippen molar-refractivity contribution in [2.24, 2.45) is 0 Å². The molecule has 1 aromatic heterocycles. The molecular formula is C10H17N3OS. The molecule has 1 N–H and O–H groups in total. The predicted octanol–water partition coefficient (Wildman–Crippen LogP) is 1.38. The lowest BCUT2D eigenvalue weighted by atomic mass is 10.3. The lowest BCUT2D eigenvalue weighted by molar-refractivity contribution is 0.258. The molecule has 0 saturated carbocycles. The van der Waals surface area contributed by atoms with Gasteiger partial charge < -0.3 is 10.0 Å². The number of aromatic nitrogens is 1. The summed E-state index contributed by atoms with van der Waals surface area (Å²) in [5.41, 5.74) is 0. The van der Waals surface area contributed by atoms with Crippen molar-refractivity contribution < 1.29 is 5.11 Å². The van der Waals surface area contributed by atoms with Gasteiger partial charge in [0.15, 0.2) is 5.13 Å². The van der Waals surface area contributed by atoms with Gasteiger partial charge in [-0.05, 0) is 13.0 Å². The molecule has 5 heteroatoms. The molecule has 4 nitrogen and oxygen atoms in total. The van der Waals surface area contributed by atoms with Gasteiger partial charge in [-0.1, -0.05) is 6.92 Å². The van der Waals surface area contributed by atoms with Crippen molar-refractivity contribution >= 4 is 16.5 Å². The Labute approximate surface area is 94.2 Å². The molecule has 2 rings (SSSR count). The summed E-state index contributed by atoms with van der Waals surface area (Å²) in [4.78, 5) is 8.81. The number of nitrogens with zero attached hydrogens (tertiary/aromatic N) is 3. The van der Waals surface area contributed by atoms with E-state index in [9.17, 15) is 5.11 Å². The van der Waals surface area contributed by atoms with Gasteiger partial charge in [0.1, 0.15) is 0 Å². The van der Waals surface area contributed by atoms with Gasteiger partial charge in [-0.3, -0.25) is 4.90 Å². The van der Waals surface area contributed by atoms with E-state index in [4.69, 9.17) is 0 Å². The number of hydrogen-bond donors (Lipinski definition) is 1. The second-order valence-electron chi connectivity index (χ2n) is 3.82. The fraction of sp³-hybridized carbons (Fsp3) is 0.700. The normalized spacial score (nSPS) is 18.3. The first-order valence-electron chi connectivity index (χ1n) is 5.41. The van der Waals surface area contributed by atoms with E-state index >= 15 is 0 Å². The number of thiazole rings is 1. The van der Waals surface area contributed by atoms with Crippen LogP contribution in [0.2, 0.25) is 0 Å². The highest BCUT2D eigenvalue weighted by molar-refractivity contribution is 7.13. The lowest BCUT2D eigenvalue weighted by Crippen LogP contribution is -2.46. The Morgan fingerprint density at radius 3 is 2.67 bits per heavy atom. The van der Waals surface area contributed by atoms with Gasteiger partial charge in [-0.25, -0.2) is 0 Å². The quantitative estimate of drug-likeness (QED) is 0.847. The minimum Gasteiger partial charge on any atom is -0.493 e. The molecule has 2 heterocycles. The molecule has 0 radical (unpaired) electrons. The van der Waals surface area contributed by atoms with E-state index in [0.29, 0.717) is 0 Å². The van der Waals surface area contributed by atoms with Crippen LogP contribution in [0.25, 0.3) is 0 Å². The second kappa shape index (κ2) is 4.81. The summed E-state index contributed by atoms with van der Waals surface area (Å²) in [7, 11) is 0. The third kappa shape index (κ3) is 2.60. The summed E-state index contributed by atoms with van der Waals surface area (Å²) in [6, 6.07) is 0. The lowest BCUT2D eigenvalue weighted by Gasteiger charge is -2.34. The molecule has 1 aliphatic heterocycles. The second-order valence-corrected chi connectivity index (χ2v) is 4.65. The molecule has 1 fully saturated rings. The average molecular weight is 227 g/mol. The molecular weight excluding hydrogens is 210 g/mol. The molecule has 1 saturated heterocycles. The van der Waals surface area contributed by atoms with Gasteiger partial charge in [0.05, 0.1) is 5.38 Å². The minimum atomic E-state index is 0.144. The van der Waals surface area contributed by atoms with Gasteiger partial charge in [0, 0.05) is 26.2 Å². The summed E-state index contributed by atoms with van der Waals surface area (Å²) in [6.07, 6.45) is 1.22. The summed E-state index contributed by atoms with van der Waals surface area (Å²) in [5.74, 6) is 0.144. The maximum absolute atomic E-state index is 9.18. The summed E-state index contributed by atoms with van der Waals surface area (Å²) < 4.78 is 0. The Balaban J connectivity index is 1.88. The molecule has 1 aliphatic rings. The Morgan fingerprint density at radius 1 is 1.40 bits per heavy atom. The minimum absolute atomic E-state index is 0.144. The third-order valence-electron chi connectivity index (χ3n) is 2.66. The van der Waals surface area contributed by atoms with Crippen molar-refractivity contribution in [3.8, 4) is 5.88 Å². The first-order valence-corrected chi connectivity index (χ1v) is 6.29. The first kappa shape index (κ1) is 10.7. The van der Waals surface area contributed by atoms with Crippen LogP contribution in [0.15, 0.2) is 5.38 Å². The van der Waals surface area contributed by atoms with E-state index in [1.54, 1.807) is 5.38 Å². The number of piperazine rings is 1. The first-order chi connectivity index (χ1) is 7.29. The van der Waals surface area contributed by atoms with Crippen molar-refractivity contribution in [3.63, 3.8) is 0 Å². The molecule has 0 atom stereocenters. The van der Waals surface area contributed by atoms with Gasteiger partial charge in [0.2, 0.25) is 5.88 Å². The largest absolute Gasteiger partial charge is 0.493 e. The van der Waals surface area contributed by atoms with Gasteiger partial charge >= 0.3 is 0 Å². The average Bonchev–Trinajstić information content (AvgIpc) is 2.67. The van der Waals surface area contributed by atoms with Gasteiger partial charge in [-0.2, -0.15) is 4.98 Å². The number of hydrogen-bond acceptors (Lipinski definition) is 5. The fourth-order valence-corrected chi connectivity index (χ4v) is 2.62. The van der Waals surface area contributed by atoms with E-state index < -0.39 is 0 Å². The molecule has 0 unspecified atom stereocenters. The van der Waals surface area contributed by atoms with E-state index in [1.165, 1.54) is 24.3 Å². The Bertz CT molecular complexity index is 307. The smallest absolute Gasteiger partial charge is 0.223 e.